The Morgan fingerprint density at radius 1 is 1.40 bits per heavy atom. The predicted molar refractivity (Wildman–Crippen MR) is 91.8 cm³/mol. The minimum atomic E-state index is -3.67. The molecular weight excluding hydrogens is 370 g/mol. The standard InChI is InChI=1S/C13H9N3O3S.CH4O3S/c14-11(15)12-16-8-4-3-7(6-10(8)20-12)19-13(17)9-2-1-5-18-9;1-5(2,3)4/h1-6H,(H3,14,15);1H3,(H,2,3,4). The molecule has 0 amide bonds. The van der Waals surface area contributed by atoms with Gasteiger partial charge in [-0.3, -0.25) is 9.96 Å². The Kier molecular flexibility index (Phi) is 5.51. The molecule has 9 nitrogen and oxygen atoms in total. The number of rotatable bonds is 3. The number of hydrogen-bond acceptors (Lipinski definition) is 8. The number of ether oxygens (including phenoxy) is 1. The molecule has 0 atom stereocenters. The summed E-state index contributed by atoms with van der Waals surface area (Å²) in [5.41, 5.74) is 6.10. The average molecular weight is 383 g/mol. The van der Waals surface area contributed by atoms with Gasteiger partial charge in [-0.2, -0.15) is 8.42 Å². The molecule has 0 aliphatic heterocycles. The number of carbonyl (C=O) groups excluding carboxylic acids is 1. The van der Waals surface area contributed by atoms with E-state index in [2.05, 4.69) is 4.98 Å². The third-order valence-corrected chi connectivity index (χ3v) is 3.57. The van der Waals surface area contributed by atoms with Crippen LogP contribution in [-0.4, -0.2) is 36.0 Å². The van der Waals surface area contributed by atoms with Gasteiger partial charge < -0.3 is 14.9 Å². The van der Waals surface area contributed by atoms with Gasteiger partial charge in [0.2, 0.25) is 5.76 Å². The quantitative estimate of drug-likeness (QED) is 0.203. The maximum Gasteiger partial charge on any atom is 0.379 e. The van der Waals surface area contributed by atoms with Crippen molar-refractivity contribution in [2.45, 2.75) is 0 Å². The van der Waals surface area contributed by atoms with Crippen LogP contribution in [0.25, 0.3) is 10.2 Å². The van der Waals surface area contributed by atoms with E-state index in [1.165, 1.54) is 23.7 Å². The van der Waals surface area contributed by atoms with Crippen molar-refractivity contribution < 1.29 is 26.9 Å². The van der Waals surface area contributed by atoms with Crippen molar-refractivity contribution in [3.05, 3.63) is 47.4 Å². The molecule has 0 saturated heterocycles. The molecule has 132 valence electrons. The first-order valence-electron chi connectivity index (χ1n) is 6.56. The van der Waals surface area contributed by atoms with Crippen molar-refractivity contribution in [1.82, 2.24) is 4.98 Å². The van der Waals surface area contributed by atoms with Gasteiger partial charge in [-0.05, 0) is 24.3 Å². The Hall–Kier alpha value is -2.76. The van der Waals surface area contributed by atoms with Crippen LogP contribution < -0.4 is 10.5 Å². The molecule has 4 N–H and O–H groups in total. The molecule has 2 heterocycles. The van der Waals surface area contributed by atoms with Crippen molar-refractivity contribution in [2.24, 2.45) is 5.73 Å². The number of thiazole rings is 1. The molecular formula is C14H13N3O6S2. The highest BCUT2D eigenvalue weighted by Crippen LogP contribution is 2.26. The molecule has 0 radical (unpaired) electrons. The fraction of sp³-hybridized carbons (Fsp3) is 0.0714. The van der Waals surface area contributed by atoms with Gasteiger partial charge in [0.25, 0.3) is 10.1 Å². The van der Waals surface area contributed by atoms with E-state index in [4.69, 9.17) is 24.8 Å². The molecule has 1 aromatic carbocycles. The van der Waals surface area contributed by atoms with Gasteiger partial charge in [0.1, 0.15) is 5.75 Å². The minimum absolute atomic E-state index is 0.0830. The van der Waals surface area contributed by atoms with Crippen LogP contribution >= 0.6 is 11.3 Å². The van der Waals surface area contributed by atoms with E-state index < -0.39 is 16.1 Å². The van der Waals surface area contributed by atoms with E-state index >= 15 is 0 Å². The first-order valence-corrected chi connectivity index (χ1v) is 9.23. The first kappa shape index (κ1) is 18.6. The van der Waals surface area contributed by atoms with Gasteiger partial charge in [-0.1, -0.05) is 0 Å². The maximum atomic E-state index is 11.7. The van der Waals surface area contributed by atoms with Crippen LogP contribution in [-0.2, 0) is 10.1 Å². The number of furan rings is 1. The van der Waals surface area contributed by atoms with Crippen molar-refractivity contribution in [3.63, 3.8) is 0 Å². The highest BCUT2D eigenvalue weighted by Gasteiger charge is 2.13. The lowest BCUT2D eigenvalue weighted by Gasteiger charge is -2.01. The largest absolute Gasteiger partial charge is 0.457 e. The van der Waals surface area contributed by atoms with Crippen LogP contribution in [0, 0.1) is 5.41 Å². The van der Waals surface area contributed by atoms with Crippen LogP contribution in [0.3, 0.4) is 0 Å². The fourth-order valence-electron chi connectivity index (χ4n) is 1.64. The third kappa shape index (κ3) is 5.67. The third-order valence-electron chi connectivity index (χ3n) is 2.52. The van der Waals surface area contributed by atoms with Crippen molar-refractivity contribution in [3.8, 4) is 5.75 Å². The second-order valence-corrected chi connectivity index (χ2v) is 7.16. The van der Waals surface area contributed by atoms with E-state index in [0.717, 1.165) is 4.70 Å². The van der Waals surface area contributed by atoms with Crippen LogP contribution in [0.5, 0.6) is 5.75 Å². The summed E-state index contributed by atoms with van der Waals surface area (Å²) in [7, 11) is -3.67. The number of benzene rings is 1. The zero-order valence-corrected chi connectivity index (χ0v) is 14.4. The number of nitrogens with two attached hydrogens (primary N) is 1. The summed E-state index contributed by atoms with van der Waals surface area (Å²) in [5, 5.41) is 7.80. The van der Waals surface area contributed by atoms with Crippen molar-refractivity contribution in [1.29, 1.82) is 5.41 Å². The molecule has 0 fully saturated rings. The molecule has 25 heavy (non-hydrogen) atoms. The van der Waals surface area contributed by atoms with Crippen LogP contribution in [0.2, 0.25) is 0 Å². The fourth-order valence-corrected chi connectivity index (χ4v) is 2.49. The Morgan fingerprint density at radius 3 is 2.64 bits per heavy atom. The van der Waals surface area contributed by atoms with Crippen LogP contribution in [0.1, 0.15) is 15.6 Å². The second-order valence-electron chi connectivity index (χ2n) is 4.66. The van der Waals surface area contributed by atoms with E-state index in [-0.39, 0.29) is 11.6 Å². The normalized spacial score (nSPS) is 10.8. The SMILES string of the molecule is CS(=O)(=O)O.N=C(N)c1nc2ccc(OC(=O)c3ccco3)cc2s1. The lowest BCUT2D eigenvalue weighted by molar-refractivity contribution is 0.0701. The van der Waals surface area contributed by atoms with Gasteiger partial charge in [-0.15, -0.1) is 11.3 Å². The monoisotopic (exact) mass is 383 g/mol. The van der Waals surface area contributed by atoms with Crippen LogP contribution in [0.4, 0.5) is 0 Å². The number of esters is 1. The molecule has 2 aromatic heterocycles. The predicted octanol–water partition coefficient (Wildman–Crippen LogP) is 1.90. The van der Waals surface area contributed by atoms with Crippen molar-refractivity contribution in [2.75, 3.05) is 6.26 Å². The summed E-state index contributed by atoms with van der Waals surface area (Å²) >= 11 is 1.27. The smallest absolute Gasteiger partial charge is 0.379 e. The number of hydrogen-bond donors (Lipinski definition) is 3. The van der Waals surface area contributed by atoms with Gasteiger partial charge in [0, 0.05) is 6.07 Å². The average Bonchev–Trinajstić information content (AvgIpc) is 3.14. The van der Waals surface area contributed by atoms with Crippen LogP contribution in [0.15, 0.2) is 41.0 Å². The molecule has 0 saturated carbocycles. The lowest BCUT2D eigenvalue weighted by Crippen LogP contribution is -2.09. The summed E-state index contributed by atoms with van der Waals surface area (Å²) in [5.74, 6) is -0.123. The number of nitrogens with one attached hydrogen (secondary N) is 1. The molecule has 0 unspecified atom stereocenters. The number of amidine groups is 1. The Balaban J connectivity index is 0.000000399. The van der Waals surface area contributed by atoms with E-state index in [1.54, 1.807) is 24.3 Å². The lowest BCUT2D eigenvalue weighted by atomic mass is 10.3. The zero-order chi connectivity index (χ0) is 18.6. The van der Waals surface area contributed by atoms with Gasteiger partial charge >= 0.3 is 5.97 Å². The Labute approximate surface area is 146 Å². The minimum Gasteiger partial charge on any atom is -0.457 e. The topological polar surface area (TPSA) is 157 Å². The molecule has 3 rings (SSSR count). The number of aromatic nitrogens is 1. The molecule has 0 aliphatic rings. The Bertz CT molecular complexity index is 1000. The van der Waals surface area contributed by atoms with E-state index in [1.807, 2.05) is 0 Å². The highest BCUT2D eigenvalue weighted by atomic mass is 32.2. The summed E-state index contributed by atoms with van der Waals surface area (Å²) in [6.07, 6.45) is 2.12. The summed E-state index contributed by atoms with van der Waals surface area (Å²) in [6.45, 7) is 0. The first-order chi connectivity index (χ1) is 11.6. The van der Waals surface area contributed by atoms with E-state index in [9.17, 15) is 13.2 Å². The number of fused-ring (bicyclic) bond motifs is 1. The molecule has 3 aromatic rings. The van der Waals surface area contributed by atoms with Gasteiger partial charge in [0.15, 0.2) is 10.8 Å². The van der Waals surface area contributed by atoms with Crippen molar-refractivity contribution >= 4 is 43.5 Å². The molecule has 0 bridgehead atoms. The highest BCUT2D eigenvalue weighted by molar-refractivity contribution is 7.85. The number of nitrogens with zero attached hydrogens (tertiary/aromatic N) is 1. The summed E-state index contributed by atoms with van der Waals surface area (Å²) < 4.78 is 36.8. The summed E-state index contributed by atoms with van der Waals surface area (Å²) in [4.78, 5) is 15.9. The molecule has 0 spiro atoms. The van der Waals surface area contributed by atoms with E-state index in [0.29, 0.717) is 22.5 Å². The Morgan fingerprint density at radius 2 is 2.08 bits per heavy atom. The maximum absolute atomic E-state index is 11.7. The number of carbonyl (C=O) groups is 1. The zero-order valence-electron chi connectivity index (χ0n) is 12.8. The van der Waals surface area contributed by atoms with Gasteiger partial charge in [-0.25, -0.2) is 9.78 Å². The second kappa shape index (κ2) is 7.42. The number of nitrogen functional groups attached to an aromatic ring is 1. The molecule has 11 heteroatoms. The van der Waals surface area contributed by atoms with Gasteiger partial charge in [0.05, 0.1) is 22.7 Å². The molecule has 0 aliphatic carbocycles. The summed E-state index contributed by atoms with van der Waals surface area (Å²) in [6, 6.07) is 8.17.